The Hall–Kier alpha value is -1.57. The van der Waals surface area contributed by atoms with Crippen molar-refractivity contribution in [3.8, 4) is 0 Å². The molecule has 1 amide bonds. The molecule has 128 valence electrons. The molecule has 1 heterocycles. The lowest BCUT2D eigenvalue weighted by molar-refractivity contribution is -0.145. The number of hydrogen-bond acceptors (Lipinski definition) is 3. The number of benzene rings is 1. The zero-order valence-electron chi connectivity index (χ0n) is 12.2. The number of carbonyl (C=O) groups excluding carboxylic acids is 2. The molecule has 8 heteroatoms. The highest BCUT2D eigenvalue weighted by atomic mass is 79.9. The summed E-state index contributed by atoms with van der Waals surface area (Å²) in [6, 6.07) is 4.83. The molecule has 1 aromatic carbocycles. The van der Waals surface area contributed by atoms with E-state index < -0.39 is 35.5 Å². The standard InChI is InChI=1S/C16H13BrF3NO3/c17-12-6-5-7-11(15(23)24-13(7)12)10(6)14(22)21-9-4-2-1-3-8(9)16(18,19)20/h1-4,6-7,10-13H,5H2,(H,21,22)/t6-,7-,10-,11-,12-,13+/m1/s1. The van der Waals surface area contributed by atoms with Gasteiger partial charge in [-0.1, -0.05) is 28.1 Å². The van der Waals surface area contributed by atoms with Gasteiger partial charge in [-0.25, -0.2) is 0 Å². The van der Waals surface area contributed by atoms with Gasteiger partial charge >= 0.3 is 12.1 Å². The second-order valence-corrected chi connectivity index (χ2v) is 7.55. The molecule has 2 saturated carbocycles. The van der Waals surface area contributed by atoms with E-state index in [4.69, 9.17) is 4.74 Å². The summed E-state index contributed by atoms with van der Waals surface area (Å²) in [5.41, 5.74) is -1.18. The van der Waals surface area contributed by atoms with Gasteiger partial charge in [0.2, 0.25) is 5.91 Å². The van der Waals surface area contributed by atoms with Crippen LogP contribution in [0.5, 0.6) is 0 Å². The maximum absolute atomic E-state index is 13.1. The molecule has 3 aliphatic rings. The topological polar surface area (TPSA) is 55.4 Å². The molecule has 2 aliphatic carbocycles. The summed E-state index contributed by atoms with van der Waals surface area (Å²) in [5.74, 6) is -2.31. The average molecular weight is 404 g/mol. The summed E-state index contributed by atoms with van der Waals surface area (Å²) in [4.78, 5) is 24.6. The van der Waals surface area contributed by atoms with Crippen LogP contribution >= 0.6 is 15.9 Å². The van der Waals surface area contributed by atoms with E-state index in [1.54, 1.807) is 0 Å². The Labute approximate surface area is 143 Å². The number of rotatable bonds is 2. The number of hydrogen-bond donors (Lipinski definition) is 1. The van der Waals surface area contributed by atoms with Crippen molar-refractivity contribution in [2.75, 3.05) is 5.32 Å². The predicted octanol–water partition coefficient (Wildman–Crippen LogP) is 3.21. The van der Waals surface area contributed by atoms with Crippen LogP contribution in [0.3, 0.4) is 0 Å². The van der Waals surface area contributed by atoms with Gasteiger partial charge in [-0.05, 0) is 24.5 Å². The van der Waals surface area contributed by atoms with E-state index in [1.807, 2.05) is 0 Å². The number of halogens is 4. The van der Waals surface area contributed by atoms with Crippen LogP contribution in [0, 0.1) is 23.7 Å². The highest BCUT2D eigenvalue weighted by Gasteiger charge is 2.67. The van der Waals surface area contributed by atoms with Crippen molar-refractivity contribution in [1.29, 1.82) is 0 Å². The molecule has 1 aliphatic heterocycles. The fourth-order valence-corrected chi connectivity index (χ4v) is 5.43. The Kier molecular flexibility index (Phi) is 3.46. The number of nitrogens with one attached hydrogen (secondary N) is 1. The quantitative estimate of drug-likeness (QED) is 0.609. The summed E-state index contributed by atoms with van der Waals surface area (Å²) in [5, 5.41) is 2.38. The molecule has 4 rings (SSSR count). The van der Waals surface area contributed by atoms with Crippen LogP contribution in [0.4, 0.5) is 18.9 Å². The molecule has 6 atom stereocenters. The Morgan fingerprint density at radius 2 is 1.96 bits per heavy atom. The van der Waals surface area contributed by atoms with Gasteiger partial charge in [-0.15, -0.1) is 0 Å². The highest BCUT2D eigenvalue weighted by Crippen LogP contribution is 2.60. The van der Waals surface area contributed by atoms with Crippen molar-refractivity contribution in [2.45, 2.75) is 23.5 Å². The van der Waals surface area contributed by atoms with Crippen LogP contribution in [-0.2, 0) is 20.5 Å². The highest BCUT2D eigenvalue weighted by molar-refractivity contribution is 9.09. The molecule has 2 bridgehead atoms. The molecule has 0 unspecified atom stereocenters. The summed E-state index contributed by atoms with van der Waals surface area (Å²) in [6.45, 7) is 0. The third-order valence-corrected chi connectivity index (χ3v) is 6.52. The minimum atomic E-state index is -4.56. The lowest BCUT2D eigenvalue weighted by Crippen LogP contribution is -2.40. The normalized spacial score (nSPS) is 36.8. The van der Waals surface area contributed by atoms with Crippen LogP contribution in [0.15, 0.2) is 24.3 Å². The fraction of sp³-hybridized carbons (Fsp3) is 0.500. The molecule has 1 N–H and O–H groups in total. The van der Waals surface area contributed by atoms with Gasteiger partial charge in [0.25, 0.3) is 0 Å². The first kappa shape index (κ1) is 15.9. The number of fused-ring (bicyclic) bond motifs is 1. The number of carbonyl (C=O) groups is 2. The third-order valence-electron chi connectivity index (χ3n) is 5.32. The third kappa shape index (κ3) is 2.18. The minimum Gasteiger partial charge on any atom is -0.461 e. The minimum absolute atomic E-state index is 0.0273. The first-order valence-corrected chi connectivity index (χ1v) is 8.52. The number of ether oxygens (including phenoxy) is 1. The summed E-state index contributed by atoms with van der Waals surface area (Å²) in [6.07, 6.45) is -4.11. The maximum atomic E-state index is 13.1. The van der Waals surface area contributed by atoms with Gasteiger partial charge in [0.15, 0.2) is 0 Å². The number of anilines is 1. The molecular formula is C16H13BrF3NO3. The lowest BCUT2D eigenvalue weighted by atomic mass is 9.79. The van der Waals surface area contributed by atoms with Crippen LogP contribution < -0.4 is 5.32 Å². The van der Waals surface area contributed by atoms with Gasteiger partial charge in [-0.3, -0.25) is 9.59 Å². The number of amides is 1. The number of para-hydroxylation sites is 1. The summed E-state index contributed by atoms with van der Waals surface area (Å²) >= 11 is 3.48. The Balaban J connectivity index is 1.61. The molecule has 0 spiro atoms. The van der Waals surface area contributed by atoms with Crippen LogP contribution in [0.2, 0.25) is 0 Å². The van der Waals surface area contributed by atoms with E-state index in [9.17, 15) is 22.8 Å². The lowest BCUT2D eigenvalue weighted by Gasteiger charge is -2.27. The Morgan fingerprint density at radius 3 is 2.67 bits per heavy atom. The van der Waals surface area contributed by atoms with E-state index >= 15 is 0 Å². The zero-order valence-corrected chi connectivity index (χ0v) is 13.8. The van der Waals surface area contributed by atoms with E-state index in [0.717, 1.165) is 6.07 Å². The van der Waals surface area contributed by atoms with Crippen molar-refractivity contribution in [1.82, 2.24) is 0 Å². The van der Waals surface area contributed by atoms with Crippen molar-refractivity contribution < 1.29 is 27.5 Å². The Morgan fingerprint density at radius 1 is 1.25 bits per heavy atom. The molecule has 3 fully saturated rings. The van der Waals surface area contributed by atoms with Gasteiger partial charge in [0.1, 0.15) is 6.10 Å². The van der Waals surface area contributed by atoms with E-state index in [-0.39, 0.29) is 28.5 Å². The monoisotopic (exact) mass is 403 g/mol. The van der Waals surface area contributed by atoms with Gasteiger partial charge in [0, 0.05) is 5.92 Å². The van der Waals surface area contributed by atoms with Crippen LogP contribution in [-0.4, -0.2) is 22.8 Å². The van der Waals surface area contributed by atoms with Gasteiger partial charge < -0.3 is 10.1 Å². The first-order chi connectivity index (χ1) is 11.3. The van der Waals surface area contributed by atoms with E-state index in [2.05, 4.69) is 21.2 Å². The van der Waals surface area contributed by atoms with Crippen molar-refractivity contribution >= 4 is 33.5 Å². The number of alkyl halides is 4. The van der Waals surface area contributed by atoms with E-state index in [0.29, 0.717) is 6.42 Å². The van der Waals surface area contributed by atoms with Crippen LogP contribution in [0.1, 0.15) is 12.0 Å². The Bertz CT molecular complexity index is 723. The van der Waals surface area contributed by atoms with Crippen LogP contribution in [0.25, 0.3) is 0 Å². The largest absolute Gasteiger partial charge is 0.461 e. The molecule has 0 radical (unpaired) electrons. The fourth-order valence-electron chi connectivity index (χ4n) is 4.39. The van der Waals surface area contributed by atoms with Crippen molar-refractivity contribution in [3.05, 3.63) is 29.8 Å². The smallest absolute Gasteiger partial charge is 0.418 e. The zero-order chi connectivity index (χ0) is 17.2. The molecule has 0 aromatic heterocycles. The molecule has 1 saturated heterocycles. The predicted molar refractivity (Wildman–Crippen MR) is 81.2 cm³/mol. The molecule has 24 heavy (non-hydrogen) atoms. The van der Waals surface area contributed by atoms with Gasteiger partial charge in [-0.2, -0.15) is 13.2 Å². The molecular weight excluding hydrogens is 391 g/mol. The summed E-state index contributed by atoms with van der Waals surface area (Å²) in [7, 11) is 0. The average Bonchev–Trinajstić information content (AvgIpc) is 3.11. The molecule has 1 aromatic rings. The molecule has 4 nitrogen and oxygen atoms in total. The maximum Gasteiger partial charge on any atom is 0.418 e. The van der Waals surface area contributed by atoms with E-state index in [1.165, 1.54) is 18.2 Å². The summed E-state index contributed by atoms with van der Waals surface area (Å²) < 4.78 is 44.5. The second kappa shape index (κ2) is 5.21. The van der Waals surface area contributed by atoms with Crippen molar-refractivity contribution in [3.63, 3.8) is 0 Å². The van der Waals surface area contributed by atoms with Crippen molar-refractivity contribution in [2.24, 2.45) is 23.7 Å². The SMILES string of the molecule is O=C(Nc1ccccc1C(F)(F)F)[C@@H]1[C@H]2C[C@H]3[C@H](OC(=O)[C@H]31)[C@@H]2Br. The first-order valence-electron chi connectivity index (χ1n) is 7.60. The second-order valence-electron chi connectivity index (χ2n) is 6.49. The number of esters is 1. The van der Waals surface area contributed by atoms with Gasteiger partial charge in [0.05, 0.1) is 27.9 Å².